The summed E-state index contributed by atoms with van der Waals surface area (Å²) in [5, 5.41) is 14.4. The van der Waals surface area contributed by atoms with Gasteiger partial charge in [-0.05, 0) is 200 Å². The topological polar surface area (TPSA) is 258 Å². The van der Waals surface area contributed by atoms with E-state index in [1.807, 2.05) is 67.5 Å². The van der Waals surface area contributed by atoms with Crippen molar-refractivity contribution < 1.29 is 44.3 Å². The number of aromatic nitrogens is 9. The van der Waals surface area contributed by atoms with Crippen molar-refractivity contribution in [3.8, 4) is 33.8 Å². The third-order valence-electron chi connectivity index (χ3n) is 22.4. The van der Waals surface area contributed by atoms with E-state index in [2.05, 4.69) is 47.2 Å². The first-order chi connectivity index (χ1) is 54.4. The zero-order valence-electron chi connectivity index (χ0n) is 63.5. The van der Waals surface area contributed by atoms with E-state index in [0.717, 1.165) is 201 Å². The second-order valence-electron chi connectivity index (χ2n) is 29.7. The molecule has 28 heteroatoms. The molecule has 0 spiro atoms. The third kappa shape index (κ3) is 17.9. The number of ketones is 1. The highest BCUT2D eigenvalue weighted by atomic mass is 32.2. The van der Waals surface area contributed by atoms with E-state index < -0.39 is 30.1 Å². The van der Waals surface area contributed by atoms with Gasteiger partial charge >= 0.3 is 0 Å². The van der Waals surface area contributed by atoms with Crippen molar-refractivity contribution in [1.29, 1.82) is 0 Å². The molecule has 6 aliphatic rings. The summed E-state index contributed by atoms with van der Waals surface area (Å²) in [6.45, 7) is 17.6. The Morgan fingerprint density at radius 2 is 0.741 bits per heavy atom. The lowest BCUT2D eigenvalue weighted by Gasteiger charge is -2.36. The van der Waals surface area contributed by atoms with Gasteiger partial charge in [0.1, 0.15) is 5.78 Å². The SMILES string of the molecule is C1CNCCOC1.Cc1nc(-c2cn(S(=O)(=O)c3ccccc3)c3ncc(C4CCC(=O)CC4)cc23)cs1.Cc1nc(-c2cn(S(=O)(=O)c3ccccc3)c3ncc(C4CCC(N5CCCOCC5)CC4)cc23)cs1.Cc1nc(-c2cn(S(=O)(=O)c3ccccc3)c3ncc(C4CCC(N5CCCOCC5)CC4)cc23)cs1. The van der Waals surface area contributed by atoms with Crippen LogP contribution in [0.4, 0.5) is 0 Å². The lowest BCUT2D eigenvalue weighted by Crippen LogP contribution is -2.39. The Hall–Kier alpha value is -8.10. The van der Waals surface area contributed by atoms with Gasteiger partial charge in [0.25, 0.3) is 30.1 Å². The van der Waals surface area contributed by atoms with Crippen molar-refractivity contribution in [3.63, 3.8) is 0 Å². The van der Waals surface area contributed by atoms with Crippen LogP contribution in [0.5, 0.6) is 0 Å². The average Bonchev–Trinajstić information content (AvgIpc) is 1.60. The van der Waals surface area contributed by atoms with Gasteiger partial charge in [0.2, 0.25) is 0 Å². The molecular formula is C84H96N12O10S6. The Bertz CT molecular complexity index is 5300. The van der Waals surface area contributed by atoms with Gasteiger partial charge in [-0.25, -0.2) is 67.1 Å². The summed E-state index contributed by atoms with van der Waals surface area (Å²) in [5.74, 6) is 1.42. The molecule has 588 valence electrons. The van der Waals surface area contributed by atoms with Crippen molar-refractivity contribution >= 4 is 103 Å². The molecule has 0 bridgehead atoms. The summed E-state index contributed by atoms with van der Waals surface area (Å²) in [6, 6.07) is 33.1. The van der Waals surface area contributed by atoms with Crippen LogP contribution in [0.2, 0.25) is 0 Å². The number of hydrogen-bond acceptors (Lipinski definition) is 22. The molecule has 3 aliphatic heterocycles. The Morgan fingerprint density at radius 3 is 1.09 bits per heavy atom. The van der Waals surface area contributed by atoms with E-state index in [0.29, 0.717) is 59.5 Å². The van der Waals surface area contributed by atoms with E-state index in [1.54, 1.807) is 126 Å². The Labute approximate surface area is 667 Å². The molecule has 0 atom stereocenters. The summed E-state index contributed by atoms with van der Waals surface area (Å²) in [4.78, 5) is 45.6. The first-order valence-electron chi connectivity index (χ1n) is 39.1. The number of rotatable bonds is 14. The first kappa shape index (κ1) is 79.1. The maximum absolute atomic E-state index is 13.6. The number of carbonyl (C=O) groups excluding carboxylic acids is 1. The molecule has 12 heterocycles. The summed E-state index contributed by atoms with van der Waals surface area (Å²) in [6.07, 6.45) is 25.9. The second-order valence-corrected chi connectivity index (χ2v) is 38.3. The second kappa shape index (κ2) is 35.7. The van der Waals surface area contributed by atoms with Crippen molar-refractivity contribution in [1.82, 2.24) is 56.9 Å². The number of thiazole rings is 3. The van der Waals surface area contributed by atoms with E-state index in [1.165, 1.54) is 66.5 Å². The molecular weight excluding hydrogens is 1530 g/mol. The van der Waals surface area contributed by atoms with E-state index >= 15 is 0 Å². The predicted molar refractivity (Wildman–Crippen MR) is 442 cm³/mol. The zero-order chi connectivity index (χ0) is 77.4. The zero-order valence-corrected chi connectivity index (χ0v) is 68.4. The Kier molecular flexibility index (Phi) is 25.3. The summed E-state index contributed by atoms with van der Waals surface area (Å²) in [5.41, 5.74) is 9.41. The van der Waals surface area contributed by atoms with Gasteiger partial charge in [-0.1, -0.05) is 54.6 Å². The average molecular weight is 1630 g/mol. The van der Waals surface area contributed by atoms with Crippen molar-refractivity contribution in [2.45, 2.75) is 162 Å². The molecule has 3 aliphatic carbocycles. The molecule has 9 aromatic heterocycles. The van der Waals surface area contributed by atoms with Gasteiger partial charge in [0.05, 0.1) is 66.6 Å². The molecule has 0 amide bonds. The molecule has 1 N–H and O–H groups in total. The van der Waals surface area contributed by atoms with Crippen LogP contribution in [0.15, 0.2) is 177 Å². The van der Waals surface area contributed by atoms with E-state index in [9.17, 15) is 30.0 Å². The number of Topliss-reactive ketones (excluding diaryl/α,β-unsaturated/α-hetero) is 1. The van der Waals surface area contributed by atoms with Crippen LogP contribution in [0.3, 0.4) is 0 Å². The minimum atomic E-state index is -3.81. The predicted octanol–water partition coefficient (Wildman–Crippen LogP) is 15.8. The molecule has 112 heavy (non-hydrogen) atoms. The van der Waals surface area contributed by atoms with Crippen molar-refractivity contribution in [2.75, 3.05) is 78.9 Å². The van der Waals surface area contributed by atoms with Gasteiger partial charge in [-0.15, -0.1) is 34.0 Å². The van der Waals surface area contributed by atoms with Crippen LogP contribution >= 0.6 is 34.0 Å². The molecule has 18 rings (SSSR count). The smallest absolute Gasteiger partial charge is 0.269 e. The van der Waals surface area contributed by atoms with Gasteiger partial charge < -0.3 is 19.5 Å². The lowest BCUT2D eigenvalue weighted by molar-refractivity contribution is -0.120. The van der Waals surface area contributed by atoms with Crippen LogP contribution in [-0.4, -0.2) is 174 Å². The molecule has 3 saturated heterocycles. The largest absolute Gasteiger partial charge is 0.380 e. The molecule has 6 fully saturated rings. The van der Waals surface area contributed by atoms with Gasteiger partial charge in [0, 0.05) is 164 Å². The quantitative estimate of drug-likeness (QED) is 0.106. The van der Waals surface area contributed by atoms with Crippen LogP contribution < -0.4 is 5.32 Å². The van der Waals surface area contributed by atoms with Crippen molar-refractivity contribution in [3.05, 3.63) is 194 Å². The maximum atomic E-state index is 13.6. The highest BCUT2D eigenvalue weighted by molar-refractivity contribution is 7.90. The Balaban J connectivity index is 0.000000127. The standard InChI is InChI=1S/2C28H32N4O3S2.C23H21N3O3S2.C5H11NO/c2*1-20-30-27(19-36-20)26-18-32(37(33,34)24-6-3-2-4-7-24)28-25(26)16-22(17-29-28)21-8-10-23(11-9-21)31-12-5-14-35-15-13-31;1-15-25-22(14-30-15)21-13-26(31(28,29)19-5-3-2-4-6-19)23-20(21)11-17(12-24-23)16-7-9-18(27)10-8-16;1-2-6-3-5-7-4-1/h2*2-4,6-7,16-19,21,23H,5,8-15H2,1H3;2-6,11-14,16H,7-10H2,1H3;6H,1-5H2. The summed E-state index contributed by atoms with van der Waals surface area (Å²) < 4.78 is 101. The number of ether oxygens (including phenoxy) is 3. The number of carbonyl (C=O) groups is 1. The van der Waals surface area contributed by atoms with E-state index in [4.69, 9.17) is 24.2 Å². The monoisotopic (exact) mass is 1620 g/mol. The minimum Gasteiger partial charge on any atom is -0.380 e. The number of nitrogens with one attached hydrogen (secondary N) is 1. The van der Waals surface area contributed by atoms with Gasteiger partial charge in [0.15, 0.2) is 16.9 Å². The molecule has 22 nitrogen and oxygen atoms in total. The maximum Gasteiger partial charge on any atom is 0.269 e. The molecule has 0 unspecified atom stereocenters. The van der Waals surface area contributed by atoms with Crippen LogP contribution in [-0.2, 0) is 49.1 Å². The number of benzene rings is 3. The first-order valence-corrected chi connectivity index (χ1v) is 46.1. The van der Waals surface area contributed by atoms with E-state index in [-0.39, 0.29) is 20.6 Å². The highest BCUT2D eigenvalue weighted by Crippen LogP contribution is 2.43. The van der Waals surface area contributed by atoms with Crippen LogP contribution in [0.25, 0.3) is 66.9 Å². The third-order valence-corrected chi connectivity index (χ3v) is 29.8. The normalized spacial score (nSPS) is 20.2. The number of hydrogen-bond donors (Lipinski definition) is 1. The number of nitrogens with zero attached hydrogens (tertiary/aromatic N) is 11. The van der Waals surface area contributed by atoms with Crippen molar-refractivity contribution in [2.24, 2.45) is 0 Å². The Morgan fingerprint density at radius 1 is 0.402 bits per heavy atom. The fourth-order valence-electron chi connectivity index (χ4n) is 16.5. The number of pyridine rings is 3. The number of fused-ring (bicyclic) bond motifs is 3. The number of aryl methyl sites for hydroxylation is 3. The fraction of sp³-hybridized carbons (Fsp3) is 0.417. The van der Waals surface area contributed by atoms with Crippen LogP contribution in [0.1, 0.15) is 146 Å². The van der Waals surface area contributed by atoms with Gasteiger partial charge in [-0.2, -0.15) is 0 Å². The summed E-state index contributed by atoms with van der Waals surface area (Å²) >= 11 is 4.65. The van der Waals surface area contributed by atoms with Gasteiger partial charge in [-0.3, -0.25) is 14.6 Å². The fourth-order valence-corrected chi connectivity index (χ4v) is 22.3. The minimum absolute atomic E-state index is 0.213. The molecule has 3 saturated carbocycles. The summed E-state index contributed by atoms with van der Waals surface area (Å²) in [7, 11) is -11.4. The van der Waals surface area contributed by atoms with Crippen LogP contribution in [0, 0.1) is 20.8 Å². The highest BCUT2D eigenvalue weighted by Gasteiger charge is 2.34. The lowest BCUT2D eigenvalue weighted by atomic mass is 9.81. The molecule has 3 aromatic carbocycles. The molecule has 0 radical (unpaired) electrons. The molecule has 12 aromatic rings.